The molecular formula is C27H52N2O6Si. The summed E-state index contributed by atoms with van der Waals surface area (Å²) in [5.74, 6) is -0.117. The van der Waals surface area contributed by atoms with E-state index in [4.69, 9.17) is 18.6 Å². The van der Waals surface area contributed by atoms with Crippen molar-refractivity contribution < 1.29 is 28.2 Å². The minimum Gasteiger partial charge on any atom is -0.444 e. The van der Waals surface area contributed by atoms with Crippen LogP contribution in [0.4, 0.5) is 4.79 Å². The number of carbonyl (C=O) groups is 2. The summed E-state index contributed by atoms with van der Waals surface area (Å²) in [4.78, 5) is 30.7. The molecule has 1 aliphatic rings. The lowest BCUT2D eigenvalue weighted by Gasteiger charge is -2.39. The van der Waals surface area contributed by atoms with Crippen molar-refractivity contribution in [3.05, 3.63) is 12.7 Å². The Hall–Kier alpha value is -1.42. The molecule has 0 N–H and O–H groups in total. The van der Waals surface area contributed by atoms with Gasteiger partial charge in [-0.05, 0) is 72.0 Å². The van der Waals surface area contributed by atoms with E-state index in [0.717, 1.165) is 12.8 Å². The lowest BCUT2D eigenvalue weighted by atomic mass is 10.1. The molecule has 2 atom stereocenters. The molecule has 0 unspecified atom stereocenters. The minimum atomic E-state index is -1.96. The van der Waals surface area contributed by atoms with Crippen molar-refractivity contribution in [1.29, 1.82) is 0 Å². The number of carbonyl (C=O) groups excluding carboxylic acids is 2. The summed E-state index contributed by atoms with van der Waals surface area (Å²) in [6, 6.07) is -0.789. The van der Waals surface area contributed by atoms with Gasteiger partial charge in [-0.3, -0.25) is 9.69 Å². The van der Waals surface area contributed by atoms with Gasteiger partial charge in [0.2, 0.25) is 5.91 Å². The molecule has 0 aromatic rings. The van der Waals surface area contributed by atoms with Gasteiger partial charge >= 0.3 is 6.09 Å². The molecule has 1 heterocycles. The second kappa shape index (κ2) is 13.9. The maximum Gasteiger partial charge on any atom is 0.411 e. The second-order valence-corrected chi connectivity index (χ2v) is 16.7. The minimum absolute atomic E-state index is 0.0194. The second-order valence-electron chi connectivity index (χ2n) is 11.9. The van der Waals surface area contributed by atoms with Crippen molar-refractivity contribution in [2.45, 2.75) is 117 Å². The molecule has 8 nitrogen and oxygen atoms in total. The summed E-state index contributed by atoms with van der Waals surface area (Å²) >= 11 is 0. The van der Waals surface area contributed by atoms with Gasteiger partial charge in [0.15, 0.2) is 14.6 Å². The quantitative estimate of drug-likeness (QED) is 0.176. The first-order chi connectivity index (χ1) is 16.6. The topological polar surface area (TPSA) is 77.5 Å². The average molecular weight is 529 g/mol. The summed E-state index contributed by atoms with van der Waals surface area (Å²) < 4.78 is 23.6. The largest absolute Gasteiger partial charge is 0.444 e. The van der Waals surface area contributed by atoms with Crippen LogP contribution in [0.5, 0.6) is 0 Å². The molecular weight excluding hydrogens is 476 g/mol. The molecule has 0 aliphatic carbocycles. The van der Waals surface area contributed by atoms with Crippen LogP contribution < -0.4 is 0 Å². The molecule has 0 bridgehead atoms. The molecule has 1 fully saturated rings. The molecule has 1 rings (SSSR count). The molecule has 2 amide bonds. The molecule has 36 heavy (non-hydrogen) atoms. The van der Waals surface area contributed by atoms with E-state index in [1.807, 2.05) is 39.5 Å². The molecule has 1 saturated heterocycles. The van der Waals surface area contributed by atoms with Gasteiger partial charge in [0, 0.05) is 19.8 Å². The van der Waals surface area contributed by atoms with Crippen molar-refractivity contribution in [3.63, 3.8) is 0 Å². The SMILES string of the molecule is C=CC[C@H](C(=O)N1CCC[C@H]1CO[Si](C)(C)C(C)(C)C)N(CC(OCC)OCC)C(=O)OC(C)(C)C. The highest BCUT2D eigenvalue weighted by atomic mass is 28.4. The molecule has 0 spiro atoms. The fraction of sp³-hybridized carbons (Fsp3) is 0.852. The monoisotopic (exact) mass is 528 g/mol. The van der Waals surface area contributed by atoms with E-state index in [-0.39, 0.29) is 23.5 Å². The normalized spacial score (nSPS) is 17.9. The van der Waals surface area contributed by atoms with E-state index < -0.39 is 32.3 Å². The van der Waals surface area contributed by atoms with Crippen LogP contribution in [-0.4, -0.2) is 87.0 Å². The van der Waals surface area contributed by atoms with Crippen molar-refractivity contribution in [2.75, 3.05) is 32.9 Å². The smallest absolute Gasteiger partial charge is 0.411 e. The summed E-state index contributed by atoms with van der Waals surface area (Å²) in [5.41, 5.74) is -0.711. The fourth-order valence-electron chi connectivity index (χ4n) is 3.87. The van der Waals surface area contributed by atoms with Gasteiger partial charge in [0.05, 0.1) is 19.2 Å². The summed E-state index contributed by atoms with van der Waals surface area (Å²) in [7, 11) is -1.96. The lowest BCUT2D eigenvalue weighted by Crippen LogP contribution is -2.56. The van der Waals surface area contributed by atoms with Gasteiger partial charge in [0.25, 0.3) is 0 Å². The maximum absolute atomic E-state index is 14.0. The number of hydrogen-bond acceptors (Lipinski definition) is 6. The van der Waals surface area contributed by atoms with Crippen molar-refractivity contribution in [1.82, 2.24) is 9.80 Å². The van der Waals surface area contributed by atoms with Crippen molar-refractivity contribution in [2.24, 2.45) is 0 Å². The Kier molecular flexibility index (Phi) is 12.6. The van der Waals surface area contributed by atoms with Crippen LogP contribution in [0, 0.1) is 0 Å². The Bertz CT molecular complexity index is 710. The molecule has 0 radical (unpaired) electrons. The molecule has 0 aromatic carbocycles. The third-order valence-corrected chi connectivity index (χ3v) is 11.3. The molecule has 0 aromatic heterocycles. The van der Waals surface area contributed by atoms with Crippen LogP contribution in [0.3, 0.4) is 0 Å². The molecule has 1 aliphatic heterocycles. The zero-order valence-electron chi connectivity index (χ0n) is 24.5. The van der Waals surface area contributed by atoms with Crippen LogP contribution >= 0.6 is 0 Å². The third kappa shape index (κ3) is 9.80. The number of nitrogens with zero attached hydrogens (tertiary/aromatic N) is 2. The van der Waals surface area contributed by atoms with Gasteiger partial charge < -0.3 is 23.5 Å². The van der Waals surface area contributed by atoms with Crippen LogP contribution in [-0.2, 0) is 23.4 Å². The Balaban J connectivity index is 3.22. The van der Waals surface area contributed by atoms with Gasteiger partial charge in [-0.25, -0.2) is 4.79 Å². The van der Waals surface area contributed by atoms with E-state index in [1.54, 1.807) is 6.08 Å². The Morgan fingerprint density at radius 1 is 1.11 bits per heavy atom. The predicted molar refractivity (Wildman–Crippen MR) is 146 cm³/mol. The average Bonchev–Trinajstić information content (AvgIpc) is 3.21. The third-order valence-electron chi connectivity index (χ3n) is 6.83. The number of amides is 2. The van der Waals surface area contributed by atoms with Crippen molar-refractivity contribution >= 4 is 20.3 Å². The first-order valence-corrected chi connectivity index (χ1v) is 16.3. The van der Waals surface area contributed by atoms with Crippen LogP contribution in [0.2, 0.25) is 18.1 Å². The van der Waals surface area contributed by atoms with Gasteiger partial charge in [-0.2, -0.15) is 0 Å². The van der Waals surface area contributed by atoms with Crippen LogP contribution in [0.25, 0.3) is 0 Å². The first kappa shape index (κ1) is 32.6. The zero-order chi connectivity index (χ0) is 27.7. The highest BCUT2D eigenvalue weighted by molar-refractivity contribution is 6.74. The zero-order valence-corrected chi connectivity index (χ0v) is 25.5. The Morgan fingerprint density at radius 2 is 1.69 bits per heavy atom. The molecule has 210 valence electrons. The predicted octanol–water partition coefficient (Wildman–Crippen LogP) is 5.58. The van der Waals surface area contributed by atoms with E-state index in [9.17, 15) is 9.59 Å². The fourth-order valence-corrected chi connectivity index (χ4v) is 4.91. The summed E-state index contributed by atoms with van der Waals surface area (Å²) in [6.07, 6.45) is 2.53. The van der Waals surface area contributed by atoms with Gasteiger partial charge in [0.1, 0.15) is 11.6 Å². The summed E-state index contributed by atoms with van der Waals surface area (Å²) in [6.45, 7) is 26.2. The Labute approximate surface area is 220 Å². The number of rotatable bonds is 13. The number of ether oxygens (including phenoxy) is 3. The van der Waals surface area contributed by atoms with E-state index in [1.165, 1.54) is 4.90 Å². The van der Waals surface area contributed by atoms with Crippen LogP contribution in [0.1, 0.15) is 74.7 Å². The molecule has 0 saturated carbocycles. The van der Waals surface area contributed by atoms with Gasteiger partial charge in [-0.1, -0.05) is 26.8 Å². The number of hydrogen-bond donors (Lipinski definition) is 0. The van der Waals surface area contributed by atoms with E-state index in [0.29, 0.717) is 32.8 Å². The van der Waals surface area contributed by atoms with Crippen molar-refractivity contribution in [3.8, 4) is 0 Å². The van der Waals surface area contributed by atoms with Gasteiger partial charge in [-0.15, -0.1) is 6.58 Å². The maximum atomic E-state index is 14.0. The Morgan fingerprint density at radius 3 is 2.17 bits per heavy atom. The summed E-state index contributed by atoms with van der Waals surface area (Å²) in [5, 5.41) is 0.0902. The number of likely N-dealkylation sites (tertiary alicyclic amines) is 1. The first-order valence-electron chi connectivity index (χ1n) is 13.4. The van der Waals surface area contributed by atoms with E-state index >= 15 is 0 Å². The molecule has 9 heteroatoms. The highest BCUT2D eigenvalue weighted by Crippen LogP contribution is 2.37. The highest BCUT2D eigenvalue weighted by Gasteiger charge is 2.42. The lowest BCUT2D eigenvalue weighted by molar-refractivity contribution is -0.156. The standard InChI is InChI=1S/C27H52N2O6Si/c1-12-16-22(29(25(31)35-26(4,5)6)19-23(32-13-2)33-14-3)24(30)28-18-15-17-21(28)20-34-36(10,11)27(7,8)9/h12,21-23H,1,13-20H2,2-11H3/t21-,22+/m0/s1. The van der Waals surface area contributed by atoms with E-state index in [2.05, 4.69) is 40.4 Å². The van der Waals surface area contributed by atoms with Crippen LogP contribution in [0.15, 0.2) is 12.7 Å².